The molecular weight excluding hydrogens is 446 g/mol. The first-order valence-electron chi connectivity index (χ1n) is 8.98. The van der Waals surface area contributed by atoms with Gasteiger partial charge in [-0.05, 0) is 37.3 Å². The molecule has 0 fully saturated rings. The quantitative estimate of drug-likeness (QED) is 0.656. The number of ether oxygens (including phenoxy) is 2. The number of nitrogens with zero attached hydrogens (tertiary/aromatic N) is 2. The summed E-state index contributed by atoms with van der Waals surface area (Å²) in [6, 6.07) is 2.50. The molecule has 1 aromatic heterocycles. The zero-order valence-corrected chi connectivity index (χ0v) is 16.3. The summed E-state index contributed by atoms with van der Waals surface area (Å²) in [7, 11) is 0. The maximum atomic E-state index is 14.5. The molecule has 2 atom stereocenters. The van der Waals surface area contributed by atoms with E-state index in [9.17, 15) is 31.1 Å². The second kappa shape index (κ2) is 8.55. The van der Waals surface area contributed by atoms with Gasteiger partial charge in [-0.1, -0.05) is 0 Å². The summed E-state index contributed by atoms with van der Waals surface area (Å²) in [5.74, 6) is -1.93. The molecule has 2 aromatic rings. The highest BCUT2D eigenvalue weighted by Crippen LogP contribution is 2.41. The number of halogens is 6. The third kappa shape index (κ3) is 5.21. The summed E-state index contributed by atoms with van der Waals surface area (Å²) in [5.41, 5.74) is 3.14. The van der Waals surface area contributed by atoms with Gasteiger partial charge < -0.3 is 20.5 Å². The number of hydrogen-bond acceptors (Lipinski definition) is 6. The average Bonchev–Trinajstić information content (AvgIpc) is 2.68. The average molecular weight is 462 g/mol. The van der Waals surface area contributed by atoms with E-state index >= 15 is 0 Å². The van der Waals surface area contributed by atoms with Crippen LogP contribution in [0.1, 0.15) is 29.4 Å². The fourth-order valence-corrected chi connectivity index (χ4v) is 3.11. The van der Waals surface area contributed by atoms with Crippen molar-refractivity contribution in [2.75, 3.05) is 5.32 Å². The van der Waals surface area contributed by atoms with Crippen molar-refractivity contribution >= 4 is 17.6 Å². The van der Waals surface area contributed by atoms with Gasteiger partial charge in [0.1, 0.15) is 22.9 Å². The van der Waals surface area contributed by atoms with Gasteiger partial charge in [-0.25, -0.2) is 14.4 Å². The first-order chi connectivity index (χ1) is 14.9. The first kappa shape index (κ1) is 23.2. The van der Waals surface area contributed by atoms with Crippen molar-refractivity contribution in [2.45, 2.75) is 37.8 Å². The molecule has 0 radical (unpaired) electrons. The van der Waals surface area contributed by atoms with Gasteiger partial charge >= 0.3 is 12.8 Å². The van der Waals surface area contributed by atoms with E-state index in [0.29, 0.717) is 0 Å². The smallest absolute Gasteiger partial charge is 0.411 e. The number of amides is 1. The van der Waals surface area contributed by atoms with Gasteiger partial charge in [0, 0.05) is 17.7 Å². The molecule has 3 N–H and O–H groups in total. The number of aromatic nitrogens is 1. The number of carbonyl (C=O) groups excluding carboxylic acids is 1. The van der Waals surface area contributed by atoms with Crippen LogP contribution in [-0.4, -0.2) is 35.7 Å². The Morgan fingerprint density at radius 2 is 2.03 bits per heavy atom. The lowest BCUT2D eigenvalue weighted by Crippen LogP contribution is -2.46. The minimum atomic E-state index is -4.72. The van der Waals surface area contributed by atoms with Gasteiger partial charge in [-0.15, -0.1) is 0 Å². The second-order valence-electron chi connectivity index (χ2n) is 6.97. The molecule has 0 aliphatic carbocycles. The number of anilines is 1. The molecule has 172 valence electrons. The molecule has 0 saturated carbocycles. The van der Waals surface area contributed by atoms with Crippen LogP contribution in [0.5, 0.6) is 5.75 Å². The minimum Gasteiger partial charge on any atom is -0.454 e. The number of alkyl halides is 5. The van der Waals surface area contributed by atoms with Gasteiger partial charge in [0.25, 0.3) is 11.9 Å². The van der Waals surface area contributed by atoms with Gasteiger partial charge in [0.05, 0.1) is 6.20 Å². The Morgan fingerprint density at radius 3 is 2.62 bits per heavy atom. The number of pyridine rings is 1. The van der Waals surface area contributed by atoms with Crippen LogP contribution in [-0.2, 0) is 10.3 Å². The van der Waals surface area contributed by atoms with E-state index in [0.717, 1.165) is 30.5 Å². The molecule has 0 unspecified atom stereocenters. The molecule has 13 heteroatoms. The zero-order valence-electron chi connectivity index (χ0n) is 16.3. The van der Waals surface area contributed by atoms with E-state index in [1.165, 1.54) is 13.0 Å². The highest BCUT2D eigenvalue weighted by atomic mass is 19.4. The van der Waals surface area contributed by atoms with Gasteiger partial charge in [-0.3, -0.25) is 4.79 Å². The molecule has 1 amide bonds. The van der Waals surface area contributed by atoms with Crippen LogP contribution in [0.15, 0.2) is 41.5 Å². The number of nitrogens with two attached hydrogens (primary N) is 1. The molecule has 7 nitrogen and oxygen atoms in total. The predicted octanol–water partition coefficient (Wildman–Crippen LogP) is 3.96. The van der Waals surface area contributed by atoms with Crippen molar-refractivity contribution in [1.29, 1.82) is 0 Å². The Kier molecular flexibility index (Phi) is 6.19. The maximum Gasteiger partial charge on any atom is 0.411 e. The molecular formula is C19H16F6N4O3. The molecule has 1 aromatic carbocycles. The molecule has 2 heterocycles. The largest absolute Gasteiger partial charge is 0.454 e. The van der Waals surface area contributed by atoms with Crippen LogP contribution in [0.3, 0.4) is 0 Å². The Balaban J connectivity index is 1.83. The van der Waals surface area contributed by atoms with Crippen molar-refractivity contribution in [3.05, 3.63) is 53.6 Å². The lowest BCUT2D eigenvalue weighted by molar-refractivity contribution is -0.164. The van der Waals surface area contributed by atoms with E-state index in [4.69, 9.17) is 10.5 Å². The van der Waals surface area contributed by atoms with E-state index in [2.05, 4.69) is 20.0 Å². The van der Waals surface area contributed by atoms with Gasteiger partial charge in [-0.2, -0.15) is 22.0 Å². The van der Waals surface area contributed by atoms with Crippen molar-refractivity contribution in [2.24, 2.45) is 10.7 Å². The van der Waals surface area contributed by atoms with Crippen LogP contribution < -0.4 is 15.8 Å². The number of benzene rings is 1. The van der Waals surface area contributed by atoms with E-state index in [-0.39, 0.29) is 22.7 Å². The normalized spacial score (nSPS) is 21.0. The summed E-state index contributed by atoms with van der Waals surface area (Å²) in [6.07, 6.45) is -4.55. The predicted molar refractivity (Wildman–Crippen MR) is 99.7 cm³/mol. The molecule has 0 bridgehead atoms. The Hall–Kier alpha value is -3.51. The fourth-order valence-electron chi connectivity index (χ4n) is 3.11. The van der Waals surface area contributed by atoms with Crippen molar-refractivity contribution < 1.29 is 40.6 Å². The molecule has 0 saturated heterocycles. The van der Waals surface area contributed by atoms with E-state index in [1.807, 2.05) is 0 Å². The first-order valence-corrected chi connectivity index (χ1v) is 8.98. The topological polar surface area (TPSA) is 98.8 Å². The summed E-state index contributed by atoms with van der Waals surface area (Å²) >= 11 is 0. The van der Waals surface area contributed by atoms with Crippen molar-refractivity contribution in [3.63, 3.8) is 0 Å². The number of carbonyl (C=O) groups is 1. The molecule has 32 heavy (non-hydrogen) atoms. The highest BCUT2D eigenvalue weighted by molar-refractivity contribution is 6.02. The van der Waals surface area contributed by atoms with Crippen molar-refractivity contribution in [3.8, 4) is 5.75 Å². The van der Waals surface area contributed by atoms with Crippen molar-refractivity contribution in [1.82, 2.24) is 4.98 Å². The lowest BCUT2D eigenvalue weighted by atomic mass is 9.87. The Labute approximate surface area is 177 Å². The second-order valence-corrected chi connectivity index (χ2v) is 6.97. The molecule has 3 rings (SSSR count). The summed E-state index contributed by atoms with van der Waals surface area (Å²) in [5, 5.41) is 2.40. The van der Waals surface area contributed by atoms with E-state index < -0.39 is 48.6 Å². The number of rotatable bonds is 5. The molecule has 0 spiro atoms. The summed E-state index contributed by atoms with van der Waals surface area (Å²) < 4.78 is 87.8. The zero-order chi connectivity index (χ0) is 23.7. The van der Waals surface area contributed by atoms with Crippen LogP contribution in [0.25, 0.3) is 0 Å². The fraction of sp³-hybridized carbons (Fsp3) is 0.316. The lowest BCUT2D eigenvalue weighted by Gasteiger charge is -2.37. The summed E-state index contributed by atoms with van der Waals surface area (Å²) in [4.78, 5) is 19.3. The third-order valence-electron chi connectivity index (χ3n) is 4.56. The molecule has 1 aliphatic rings. The van der Waals surface area contributed by atoms with E-state index in [1.54, 1.807) is 0 Å². The van der Waals surface area contributed by atoms with Crippen LogP contribution in [0, 0.1) is 5.82 Å². The minimum absolute atomic E-state index is 0.0237. The number of nitrogens with one attached hydrogen (secondary N) is 1. The molecule has 1 aliphatic heterocycles. The van der Waals surface area contributed by atoms with Gasteiger partial charge in [0.2, 0.25) is 0 Å². The number of hydrogen-bond donors (Lipinski definition) is 2. The Morgan fingerprint density at radius 1 is 1.31 bits per heavy atom. The Bertz CT molecular complexity index is 1030. The maximum absolute atomic E-state index is 14.5. The standard InChI is InChI=1S/C19H16F6N4O3/c1-18(7-14(19(23,24)25)29-17(26)32-18)11-6-9(2-4-12(11)20)28-15(30)13-5-3-10(8-27-13)31-16(21)22/h2-6,8,14,16H,7H2,1H3,(H2,26,29)(H,28,30)/t14-,18-/m0/s1. The van der Waals surface area contributed by atoms with Gasteiger partial charge in [0.15, 0.2) is 6.04 Å². The number of aliphatic imine (C=N–C) groups is 1. The van der Waals surface area contributed by atoms with Crippen LogP contribution in [0.4, 0.5) is 32.0 Å². The monoisotopic (exact) mass is 462 g/mol. The van der Waals surface area contributed by atoms with Crippen LogP contribution >= 0.6 is 0 Å². The summed E-state index contributed by atoms with van der Waals surface area (Å²) in [6.45, 7) is -1.84. The SMILES string of the molecule is C[C@@]1(c2cc(NC(=O)c3ccc(OC(F)F)cn3)ccc2F)C[C@@H](C(F)(F)F)N=C(N)O1. The third-order valence-corrected chi connectivity index (χ3v) is 4.56. The number of amidine groups is 1. The van der Waals surface area contributed by atoms with Crippen LogP contribution in [0.2, 0.25) is 0 Å². The highest BCUT2D eigenvalue weighted by Gasteiger charge is 2.49.